The summed E-state index contributed by atoms with van der Waals surface area (Å²) in [6.45, 7) is 0. The minimum atomic E-state index is 0.432. The monoisotopic (exact) mass is 242 g/mol. The van der Waals surface area contributed by atoms with E-state index in [0.717, 1.165) is 23.7 Å². The normalized spacial score (nSPS) is 45.7. The van der Waals surface area contributed by atoms with E-state index in [1.165, 1.54) is 44.9 Å². The van der Waals surface area contributed by atoms with Crippen molar-refractivity contribution in [2.24, 2.45) is 23.7 Å². The Morgan fingerprint density at radius 2 is 2.06 bits per heavy atom. The molecule has 4 aliphatic rings. The Morgan fingerprint density at radius 1 is 1.11 bits per heavy atom. The minimum absolute atomic E-state index is 0.432. The van der Waals surface area contributed by atoms with Gasteiger partial charge >= 0.3 is 0 Å². The van der Waals surface area contributed by atoms with Crippen molar-refractivity contribution in [1.29, 1.82) is 0 Å². The summed E-state index contributed by atoms with van der Waals surface area (Å²) in [6, 6.07) is 0. The third kappa shape index (κ3) is 1.45. The van der Waals surface area contributed by atoms with Crippen LogP contribution < -0.4 is 0 Å². The van der Waals surface area contributed by atoms with E-state index in [1.54, 1.807) is 5.57 Å². The summed E-state index contributed by atoms with van der Waals surface area (Å²) in [5.41, 5.74) is 3.57. The van der Waals surface area contributed by atoms with Crippen molar-refractivity contribution in [3.63, 3.8) is 0 Å². The average Bonchev–Trinajstić information content (AvgIpc) is 2.77. The van der Waals surface area contributed by atoms with Gasteiger partial charge in [0.15, 0.2) is 0 Å². The highest BCUT2D eigenvalue weighted by atomic mass is 16.2. The molecule has 0 aromatic carbocycles. The van der Waals surface area contributed by atoms with Crippen molar-refractivity contribution >= 4 is 7.48 Å². The zero-order chi connectivity index (χ0) is 12.1. The molecule has 2 saturated carbocycles. The highest BCUT2D eigenvalue weighted by molar-refractivity contribution is 6.27. The Bertz CT molecular complexity index is 411. The molecule has 2 fully saturated rings. The Labute approximate surface area is 111 Å². The zero-order valence-electron chi connectivity index (χ0n) is 11.1. The molecule has 0 radical (unpaired) electrons. The van der Waals surface area contributed by atoms with Crippen molar-refractivity contribution in [1.82, 2.24) is 0 Å². The Morgan fingerprint density at radius 3 is 2.94 bits per heavy atom. The van der Waals surface area contributed by atoms with E-state index in [4.69, 9.17) is 0 Å². The fourth-order valence-corrected chi connectivity index (χ4v) is 5.64. The van der Waals surface area contributed by atoms with Crippen LogP contribution >= 0.6 is 0 Å². The molecule has 0 aromatic rings. The van der Waals surface area contributed by atoms with Gasteiger partial charge in [-0.15, -0.1) is 0 Å². The maximum absolute atomic E-state index is 9.65. The van der Waals surface area contributed by atoms with E-state index in [2.05, 4.69) is 12.2 Å². The smallest absolute Gasteiger partial charge is 0.274 e. The molecule has 96 valence electrons. The molecule has 5 atom stereocenters. The van der Waals surface area contributed by atoms with Gasteiger partial charge in [-0.3, -0.25) is 0 Å². The van der Waals surface area contributed by atoms with E-state index >= 15 is 0 Å². The van der Waals surface area contributed by atoms with Gasteiger partial charge in [-0.25, -0.2) is 0 Å². The standard InChI is InChI=1S/C16H23BO/c18-17-15-9-8-13-11-5-2-1-4-10(11)12-6-3-7-14(15)16(12)13/h2,5,12-18H,1,3-4,6-9H2. The summed E-state index contributed by atoms with van der Waals surface area (Å²) in [5, 5.41) is 9.65. The van der Waals surface area contributed by atoms with E-state index in [1.807, 2.05) is 5.57 Å². The van der Waals surface area contributed by atoms with Crippen molar-refractivity contribution in [3.8, 4) is 0 Å². The van der Waals surface area contributed by atoms with E-state index in [0.29, 0.717) is 13.3 Å². The molecule has 0 aliphatic heterocycles. The van der Waals surface area contributed by atoms with Gasteiger partial charge in [0.1, 0.15) is 0 Å². The van der Waals surface area contributed by atoms with Gasteiger partial charge in [-0.1, -0.05) is 37.0 Å². The highest BCUT2D eigenvalue weighted by Crippen LogP contribution is 2.61. The van der Waals surface area contributed by atoms with E-state index in [9.17, 15) is 5.02 Å². The minimum Gasteiger partial charge on any atom is -0.454 e. The number of hydrogen-bond donors (Lipinski definition) is 1. The molecule has 5 unspecified atom stereocenters. The molecule has 2 heteroatoms. The Hall–Kier alpha value is -0.495. The van der Waals surface area contributed by atoms with Crippen molar-refractivity contribution in [2.45, 2.75) is 50.8 Å². The van der Waals surface area contributed by atoms with Crippen LogP contribution in [0.1, 0.15) is 44.9 Å². The first-order chi connectivity index (χ1) is 8.90. The SMILES string of the molecule is OBC1CCC2C3=C(CCC=C3)C3CCCC1C23. The third-order valence-electron chi connectivity index (χ3n) is 6.26. The molecule has 1 nitrogen and oxygen atoms in total. The van der Waals surface area contributed by atoms with E-state index in [-0.39, 0.29) is 0 Å². The topological polar surface area (TPSA) is 20.2 Å². The van der Waals surface area contributed by atoms with Crippen LogP contribution in [0.15, 0.2) is 23.3 Å². The summed E-state index contributed by atoms with van der Waals surface area (Å²) >= 11 is 0. The molecule has 4 rings (SSSR count). The Kier molecular flexibility index (Phi) is 2.69. The van der Waals surface area contributed by atoms with Gasteiger partial charge in [-0.05, 0) is 60.7 Å². The van der Waals surface area contributed by atoms with Gasteiger partial charge < -0.3 is 5.02 Å². The van der Waals surface area contributed by atoms with Crippen LogP contribution in [0.25, 0.3) is 0 Å². The van der Waals surface area contributed by atoms with Crippen molar-refractivity contribution in [3.05, 3.63) is 23.3 Å². The number of rotatable bonds is 1. The summed E-state index contributed by atoms with van der Waals surface area (Å²) < 4.78 is 0. The van der Waals surface area contributed by atoms with Crippen LogP contribution in [0.5, 0.6) is 0 Å². The molecule has 0 saturated heterocycles. The van der Waals surface area contributed by atoms with Crippen LogP contribution in [0, 0.1) is 23.7 Å². The van der Waals surface area contributed by atoms with Gasteiger partial charge in [0.05, 0.1) is 0 Å². The molecule has 0 bridgehead atoms. The predicted octanol–water partition coefficient (Wildman–Crippen LogP) is 3.22. The fraction of sp³-hybridized carbons (Fsp3) is 0.750. The third-order valence-corrected chi connectivity index (χ3v) is 6.26. The van der Waals surface area contributed by atoms with Crippen molar-refractivity contribution in [2.75, 3.05) is 0 Å². The van der Waals surface area contributed by atoms with Crippen LogP contribution in [-0.4, -0.2) is 12.5 Å². The predicted molar refractivity (Wildman–Crippen MR) is 75.6 cm³/mol. The lowest BCUT2D eigenvalue weighted by atomic mass is 9.52. The zero-order valence-corrected chi connectivity index (χ0v) is 11.1. The number of hydrogen-bond acceptors (Lipinski definition) is 1. The molecular formula is C16H23BO. The number of fused-ring (bicyclic) bond motifs is 2. The molecule has 0 spiro atoms. The highest BCUT2D eigenvalue weighted by Gasteiger charge is 2.51. The molecule has 1 N–H and O–H groups in total. The first kappa shape index (κ1) is 11.3. The van der Waals surface area contributed by atoms with Gasteiger partial charge in [0, 0.05) is 0 Å². The second kappa shape index (κ2) is 4.26. The second-order valence-corrected chi connectivity index (χ2v) is 6.83. The second-order valence-electron chi connectivity index (χ2n) is 6.83. The molecule has 0 amide bonds. The van der Waals surface area contributed by atoms with Gasteiger partial charge in [0.2, 0.25) is 0 Å². The van der Waals surface area contributed by atoms with Gasteiger partial charge in [0.25, 0.3) is 7.48 Å². The van der Waals surface area contributed by atoms with Crippen LogP contribution in [0.2, 0.25) is 5.82 Å². The lowest BCUT2D eigenvalue weighted by Crippen LogP contribution is -2.38. The molecule has 4 aliphatic carbocycles. The molecule has 0 heterocycles. The Balaban J connectivity index is 1.72. The van der Waals surface area contributed by atoms with Crippen LogP contribution in [0.4, 0.5) is 0 Å². The fourth-order valence-electron chi connectivity index (χ4n) is 5.64. The first-order valence-electron chi connectivity index (χ1n) is 7.90. The maximum Gasteiger partial charge on any atom is 0.274 e. The maximum atomic E-state index is 9.65. The molecule has 18 heavy (non-hydrogen) atoms. The summed E-state index contributed by atoms with van der Waals surface area (Å²) in [4.78, 5) is 0. The first-order valence-corrected chi connectivity index (χ1v) is 7.90. The van der Waals surface area contributed by atoms with Crippen LogP contribution in [0.3, 0.4) is 0 Å². The quantitative estimate of drug-likeness (QED) is 0.700. The molecular weight excluding hydrogens is 219 g/mol. The largest absolute Gasteiger partial charge is 0.454 e. The lowest BCUT2D eigenvalue weighted by molar-refractivity contribution is 0.0978. The average molecular weight is 242 g/mol. The van der Waals surface area contributed by atoms with E-state index < -0.39 is 0 Å². The van der Waals surface area contributed by atoms with Crippen LogP contribution in [-0.2, 0) is 0 Å². The summed E-state index contributed by atoms with van der Waals surface area (Å²) in [7, 11) is 0.432. The molecule has 0 aromatic heterocycles. The summed E-state index contributed by atoms with van der Waals surface area (Å²) in [5.74, 6) is 4.08. The number of allylic oxidation sites excluding steroid dienone is 4. The summed E-state index contributed by atoms with van der Waals surface area (Å²) in [6.07, 6.45) is 14.3. The van der Waals surface area contributed by atoms with Gasteiger partial charge in [-0.2, -0.15) is 0 Å². The van der Waals surface area contributed by atoms with Crippen molar-refractivity contribution < 1.29 is 5.02 Å². The lowest BCUT2D eigenvalue weighted by Gasteiger charge is -2.46.